The molecule has 3 aromatic rings. The maximum Gasteiger partial charge on any atom is 0.237 e. The number of anilines is 1. The van der Waals surface area contributed by atoms with E-state index in [0.29, 0.717) is 33.7 Å². The molecule has 1 saturated carbocycles. The zero-order chi connectivity index (χ0) is 20.5. The van der Waals surface area contributed by atoms with E-state index in [0.717, 1.165) is 25.9 Å². The van der Waals surface area contributed by atoms with E-state index in [9.17, 15) is 4.79 Å². The Morgan fingerprint density at radius 1 is 1.13 bits per heavy atom. The lowest BCUT2D eigenvalue weighted by Gasteiger charge is -2.44. The van der Waals surface area contributed by atoms with E-state index < -0.39 is 5.91 Å². The summed E-state index contributed by atoms with van der Waals surface area (Å²) in [6.07, 6.45) is 7.50. The summed E-state index contributed by atoms with van der Waals surface area (Å²) in [4.78, 5) is 27.3. The molecule has 3 aliphatic rings. The van der Waals surface area contributed by atoms with Crippen LogP contribution in [0.25, 0.3) is 11.3 Å². The molecule has 1 aromatic carbocycles. The Morgan fingerprint density at radius 2 is 1.90 bits per heavy atom. The molecule has 2 N–H and O–H groups in total. The lowest BCUT2D eigenvalue weighted by Crippen LogP contribution is -2.46. The lowest BCUT2D eigenvalue weighted by molar-refractivity contribution is -0.118. The molecule has 7 nitrogen and oxygen atoms in total. The highest BCUT2D eigenvalue weighted by Gasteiger charge is 2.64. The SMILES string of the molecule is [B]c1cnc2c(n1)nc(N1CCC3(CC1)Cc1ccccc1C31CC1)n2CC(N)=O. The second-order valence-corrected chi connectivity index (χ2v) is 9.09. The highest BCUT2D eigenvalue weighted by atomic mass is 16.1. The van der Waals surface area contributed by atoms with Gasteiger partial charge in [0.05, 0.1) is 0 Å². The Bertz CT molecular complexity index is 1180. The molecule has 150 valence electrons. The molecule has 0 atom stereocenters. The first-order chi connectivity index (χ1) is 14.5. The first-order valence-corrected chi connectivity index (χ1v) is 10.6. The van der Waals surface area contributed by atoms with Crippen molar-refractivity contribution < 1.29 is 4.79 Å². The van der Waals surface area contributed by atoms with Crippen LogP contribution in [0, 0.1) is 5.41 Å². The third kappa shape index (κ3) is 2.39. The van der Waals surface area contributed by atoms with Gasteiger partial charge in [0.15, 0.2) is 11.3 Å². The van der Waals surface area contributed by atoms with Gasteiger partial charge in [-0.3, -0.25) is 9.36 Å². The molecule has 2 aromatic heterocycles. The molecule has 6 rings (SSSR count). The Hall–Kier alpha value is -2.90. The maximum atomic E-state index is 11.7. The van der Waals surface area contributed by atoms with Crippen molar-refractivity contribution in [1.82, 2.24) is 19.5 Å². The van der Waals surface area contributed by atoms with E-state index in [1.807, 2.05) is 0 Å². The van der Waals surface area contributed by atoms with Gasteiger partial charge in [0.1, 0.15) is 14.4 Å². The average Bonchev–Trinajstić information content (AvgIpc) is 3.41. The first kappa shape index (κ1) is 17.9. The van der Waals surface area contributed by atoms with Crippen LogP contribution in [0.15, 0.2) is 30.5 Å². The molecule has 1 aliphatic heterocycles. The standard InChI is InChI=1S/C22H23BN6O/c23-16-12-25-19-18(26-16)27-20(29(19)13-17(24)30)28-9-7-21(8-10-28)11-14-3-1-2-4-15(14)22(21)5-6-22/h1-4,12H,5-11,13H2,(H2,24,30). The summed E-state index contributed by atoms with van der Waals surface area (Å²) in [7, 11) is 5.79. The molecule has 1 saturated heterocycles. The summed E-state index contributed by atoms with van der Waals surface area (Å²) >= 11 is 0. The highest BCUT2D eigenvalue weighted by Crippen LogP contribution is 2.69. The number of carbonyl (C=O) groups excluding carboxylic acids is 1. The number of carbonyl (C=O) groups is 1. The monoisotopic (exact) mass is 398 g/mol. The van der Waals surface area contributed by atoms with Crippen LogP contribution in [0.1, 0.15) is 36.8 Å². The number of nitrogens with two attached hydrogens (primary N) is 1. The van der Waals surface area contributed by atoms with Crippen molar-refractivity contribution in [2.75, 3.05) is 18.0 Å². The van der Waals surface area contributed by atoms with Crippen LogP contribution in [-0.2, 0) is 23.2 Å². The fourth-order valence-corrected chi connectivity index (χ4v) is 6.12. The fourth-order valence-electron chi connectivity index (χ4n) is 6.12. The topological polar surface area (TPSA) is 89.9 Å². The van der Waals surface area contributed by atoms with Gasteiger partial charge in [-0.2, -0.15) is 4.98 Å². The van der Waals surface area contributed by atoms with Gasteiger partial charge in [-0.15, -0.1) is 0 Å². The summed E-state index contributed by atoms with van der Waals surface area (Å²) in [6.45, 7) is 1.82. The molecule has 3 heterocycles. The van der Waals surface area contributed by atoms with Crippen molar-refractivity contribution in [2.45, 2.75) is 44.1 Å². The van der Waals surface area contributed by atoms with Crippen molar-refractivity contribution in [1.29, 1.82) is 0 Å². The molecular formula is C22H23BN6O. The quantitative estimate of drug-likeness (QED) is 0.665. The number of rotatable bonds is 3. The Labute approximate surface area is 176 Å². The minimum absolute atomic E-state index is 0.0292. The Balaban J connectivity index is 1.32. The summed E-state index contributed by atoms with van der Waals surface area (Å²) in [6, 6.07) is 9.01. The Kier molecular flexibility index (Phi) is 3.62. The summed E-state index contributed by atoms with van der Waals surface area (Å²) in [5.74, 6) is 0.287. The van der Waals surface area contributed by atoms with Crippen molar-refractivity contribution in [3.63, 3.8) is 0 Å². The van der Waals surface area contributed by atoms with Crippen molar-refractivity contribution in [3.05, 3.63) is 41.6 Å². The number of piperidine rings is 1. The molecule has 1 amide bonds. The van der Waals surface area contributed by atoms with Crippen molar-refractivity contribution in [3.8, 4) is 0 Å². The number of hydrogen-bond donors (Lipinski definition) is 1. The van der Waals surface area contributed by atoms with E-state index in [-0.39, 0.29) is 6.54 Å². The van der Waals surface area contributed by atoms with Crippen molar-refractivity contribution >= 4 is 36.6 Å². The van der Waals surface area contributed by atoms with E-state index in [2.05, 4.69) is 44.1 Å². The van der Waals surface area contributed by atoms with E-state index in [1.165, 1.54) is 31.0 Å². The molecule has 0 unspecified atom stereocenters. The predicted molar refractivity (Wildman–Crippen MR) is 115 cm³/mol. The number of aromatic nitrogens is 4. The molecule has 2 radical (unpaired) electrons. The molecule has 2 aliphatic carbocycles. The average molecular weight is 398 g/mol. The lowest BCUT2D eigenvalue weighted by atomic mass is 9.67. The molecule has 0 bridgehead atoms. The summed E-state index contributed by atoms with van der Waals surface area (Å²) in [5, 5.41) is 0. The maximum absolute atomic E-state index is 11.7. The third-order valence-corrected chi connectivity index (χ3v) is 7.60. The largest absolute Gasteiger partial charge is 0.368 e. The van der Waals surface area contributed by atoms with Gasteiger partial charge in [0, 0.05) is 30.3 Å². The zero-order valence-corrected chi connectivity index (χ0v) is 16.8. The van der Waals surface area contributed by atoms with Gasteiger partial charge in [0.2, 0.25) is 11.9 Å². The van der Waals surface area contributed by atoms with Crippen LogP contribution >= 0.6 is 0 Å². The van der Waals surface area contributed by atoms with Crippen LogP contribution in [0.4, 0.5) is 5.95 Å². The van der Waals surface area contributed by atoms with E-state index in [4.69, 9.17) is 13.6 Å². The zero-order valence-electron chi connectivity index (χ0n) is 16.8. The molecular weight excluding hydrogens is 375 g/mol. The van der Waals surface area contributed by atoms with Crippen LogP contribution in [-0.4, -0.2) is 46.4 Å². The minimum atomic E-state index is -0.425. The number of amides is 1. The molecule has 30 heavy (non-hydrogen) atoms. The van der Waals surface area contributed by atoms with Gasteiger partial charge in [-0.1, -0.05) is 24.3 Å². The number of primary amides is 1. The smallest absolute Gasteiger partial charge is 0.237 e. The van der Waals surface area contributed by atoms with Gasteiger partial charge >= 0.3 is 0 Å². The first-order valence-electron chi connectivity index (χ1n) is 10.6. The van der Waals surface area contributed by atoms with E-state index in [1.54, 1.807) is 10.1 Å². The minimum Gasteiger partial charge on any atom is -0.368 e. The third-order valence-electron chi connectivity index (χ3n) is 7.60. The molecule has 8 heteroatoms. The predicted octanol–water partition coefficient (Wildman–Crippen LogP) is 0.980. The molecule has 2 spiro atoms. The van der Waals surface area contributed by atoms with Gasteiger partial charge in [-0.05, 0) is 48.6 Å². The van der Waals surface area contributed by atoms with Crippen LogP contribution in [0.5, 0.6) is 0 Å². The Morgan fingerprint density at radius 3 is 2.63 bits per heavy atom. The van der Waals surface area contributed by atoms with Gasteiger partial charge in [-0.25, -0.2) is 9.97 Å². The summed E-state index contributed by atoms with van der Waals surface area (Å²) in [5.41, 5.74) is 10.7. The number of hydrogen-bond acceptors (Lipinski definition) is 5. The number of nitrogens with zero attached hydrogens (tertiary/aromatic N) is 5. The van der Waals surface area contributed by atoms with Crippen LogP contribution < -0.4 is 16.2 Å². The van der Waals surface area contributed by atoms with E-state index >= 15 is 0 Å². The highest BCUT2D eigenvalue weighted by molar-refractivity contribution is 6.30. The fraction of sp³-hybridized carbons (Fsp3) is 0.455. The van der Waals surface area contributed by atoms with Crippen LogP contribution in [0.2, 0.25) is 0 Å². The second-order valence-electron chi connectivity index (χ2n) is 9.09. The second kappa shape index (κ2) is 6.06. The van der Waals surface area contributed by atoms with Gasteiger partial charge < -0.3 is 10.6 Å². The van der Waals surface area contributed by atoms with Crippen molar-refractivity contribution in [2.24, 2.45) is 11.1 Å². The number of benzene rings is 1. The normalized spacial score (nSPS) is 20.7. The molecule has 2 fully saturated rings. The number of fused-ring (bicyclic) bond motifs is 4. The van der Waals surface area contributed by atoms with Crippen LogP contribution in [0.3, 0.4) is 0 Å². The summed E-state index contributed by atoms with van der Waals surface area (Å²) < 4.78 is 1.78. The van der Waals surface area contributed by atoms with Gasteiger partial charge in [0.25, 0.3) is 0 Å². The number of imidazole rings is 1.